The topological polar surface area (TPSA) is 92.3 Å². The van der Waals surface area contributed by atoms with Crippen LogP contribution in [-0.2, 0) is 9.53 Å². The molecule has 35 heavy (non-hydrogen) atoms. The fraction of sp³-hybridized carbons (Fsp3) is 0.360. The van der Waals surface area contributed by atoms with Crippen LogP contribution in [0.15, 0.2) is 42.5 Å². The number of carbonyl (C=O) groups is 3. The van der Waals surface area contributed by atoms with Crippen molar-refractivity contribution in [1.82, 2.24) is 14.8 Å². The van der Waals surface area contributed by atoms with Crippen molar-refractivity contribution in [3.8, 4) is 5.75 Å². The number of fused-ring (bicyclic) bond motifs is 2. The molecule has 182 valence electrons. The van der Waals surface area contributed by atoms with Crippen molar-refractivity contribution in [1.29, 1.82) is 0 Å². The van der Waals surface area contributed by atoms with Gasteiger partial charge < -0.3 is 9.47 Å². The van der Waals surface area contributed by atoms with Gasteiger partial charge in [0.05, 0.1) is 35.6 Å². The van der Waals surface area contributed by atoms with Crippen molar-refractivity contribution in [2.75, 3.05) is 57.4 Å². The minimum absolute atomic E-state index is 0.325. The fourth-order valence-corrected chi connectivity index (χ4v) is 5.32. The average Bonchev–Trinajstić information content (AvgIpc) is 3.41. The van der Waals surface area contributed by atoms with Gasteiger partial charge in [0.15, 0.2) is 5.13 Å². The molecular formula is C25H26N4O5S. The molecule has 3 heterocycles. The van der Waals surface area contributed by atoms with Crippen LogP contribution in [0.1, 0.15) is 27.6 Å². The van der Waals surface area contributed by atoms with E-state index in [4.69, 9.17) is 14.5 Å². The summed E-state index contributed by atoms with van der Waals surface area (Å²) in [5.74, 6) is -0.594. The van der Waals surface area contributed by atoms with Gasteiger partial charge in [-0.25, -0.2) is 4.98 Å². The molecule has 0 aliphatic carbocycles. The Hall–Kier alpha value is -3.34. The molecule has 0 N–H and O–H groups in total. The number of amides is 3. The minimum atomic E-state index is -0.449. The smallest absolute Gasteiger partial charge is 0.262 e. The highest BCUT2D eigenvalue weighted by Gasteiger charge is 2.37. The maximum atomic E-state index is 13.6. The molecule has 2 aromatic carbocycles. The number of imide groups is 1. The van der Waals surface area contributed by atoms with Gasteiger partial charge in [-0.1, -0.05) is 29.5 Å². The Morgan fingerprint density at radius 3 is 2.49 bits per heavy atom. The first kappa shape index (κ1) is 23.4. The number of rotatable bonds is 8. The van der Waals surface area contributed by atoms with Gasteiger partial charge >= 0.3 is 0 Å². The fourth-order valence-electron chi connectivity index (χ4n) is 4.30. The molecule has 0 unspecified atom stereocenters. The maximum Gasteiger partial charge on any atom is 0.262 e. The van der Waals surface area contributed by atoms with E-state index >= 15 is 0 Å². The number of aromatic nitrogens is 1. The van der Waals surface area contributed by atoms with E-state index in [0.29, 0.717) is 60.4 Å². The van der Waals surface area contributed by atoms with Crippen LogP contribution in [0.4, 0.5) is 5.13 Å². The van der Waals surface area contributed by atoms with Crippen molar-refractivity contribution in [3.63, 3.8) is 0 Å². The van der Waals surface area contributed by atoms with Gasteiger partial charge in [0.2, 0.25) is 5.91 Å². The zero-order valence-corrected chi connectivity index (χ0v) is 20.3. The Bertz CT molecular complexity index is 1230. The SMILES string of the molecule is CCOc1cccc2sc(N(CCN3CCOCC3)C(=O)CN3C(=O)c4ccccc4C3=O)nc12. The lowest BCUT2D eigenvalue weighted by Gasteiger charge is -2.29. The molecule has 0 radical (unpaired) electrons. The molecule has 3 aromatic rings. The number of hydrogen-bond acceptors (Lipinski definition) is 8. The first-order valence-electron chi connectivity index (χ1n) is 11.6. The second kappa shape index (κ2) is 10.1. The number of ether oxygens (including phenoxy) is 2. The molecular weight excluding hydrogens is 468 g/mol. The molecule has 3 amide bonds. The Morgan fingerprint density at radius 2 is 1.80 bits per heavy atom. The quantitative estimate of drug-likeness (QED) is 0.445. The summed E-state index contributed by atoms with van der Waals surface area (Å²) in [7, 11) is 0. The van der Waals surface area contributed by atoms with E-state index in [1.165, 1.54) is 11.3 Å². The van der Waals surface area contributed by atoms with E-state index in [2.05, 4.69) is 4.90 Å². The zero-order chi connectivity index (χ0) is 24.4. The molecule has 0 bridgehead atoms. The largest absolute Gasteiger partial charge is 0.492 e. The molecule has 1 saturated heterocycles. The molecule has 10 heteroatoms. The lowest BCUT2D eigenvalue weighted by molar-refractivity contribution is -0.119. The van der Waals surface area contributed by atoms with Crippen molar-refractivity contribution in [3.05, 3.63) is 53.6 Å². The number of carbonyl (C=O) groups excluding carboxylic acids is 3. The molecule has 0 atom stereocenters. The highest BCUT2D eigenvalue weighted by Crippen LogP contribution is 2.34. The highest BCUT2D eigenvalue weighted by molar-refractivity contribution is 7.22. The molecule has 2 aliphatic heterocycles. The van der Waals surface area contributed by atoms with Crippen LogP contribution in [0.2, 0.25) is 0 Å². The summed E-state index contributed by atoms with van der Waals surface area (Å²) in [5.41, 5.74) is 1.34. The Kier molecular flexibility index (Phi) is 6.76. The molecule has 9 nitrogen and oxygen atoms in total. The van der Waals surface area contributed by atoms with E-state index in [1.54, 1.807) is 29.2 Å². The Balaban J connectivity index is 1.42. The molecule has 0 spiro atoms. The van der Waals surface area contributed by atoms with Gasteiger partial charge in [-0.15, -0.1) is 0 Å². The lowest BCUT2D eigenvalue weighted by Crippen LogP contribution is -2.47. The molecule has 1 fully saturated rings. The monoisotopic (exact) mass is 494 g/mol. The third-order valence-electron chi connectivity index (χ3n) is 6.12. The third kappa shape index (κ3) is 4.64. The summed E-state index contributed by atoms with van der Waals surface area (Å²) in [4.78, 5) is 48.8. The van der Waals surface area contributed by atoms with E-state index < -0.39 is 11.8 Å². The van der Waals surface area contributed by atoms with Crippen LogP contribution in [0, 0.1) is 0 Å². The number of morpholine rings is 1. The van der Waals surface area contributed by atoms with Crippen LogP contribution < -0.4 is 9.64 Å². The molecule has 0 saturated carbocycles. The van der Waals surface area contributed by atoms with E-state index in [0.717, 1.165) is 22.7 Å². The number of hydrogen-bond donors (Lipinski definition) is 0. The first-order valence-corrected chi connectivity index (χ1v) is 12.5. The zero-order valence-electron chi connectivity index (χ0n) is 19.4. The van der Waals surface area contributed by atoms with Gasteiger partial charge in [0, 0.05) is 26.2 Å². The van der Waals surface area contributed by atoms with Crippen molar-refractivity contribution < 1.29 is 23.9 Å². The summed E-state index contributed by atoms with van der Waals surface area (Å²) < 4.78 is 12.0. The number of anilines is 1. The van der Waals surface area contributed by atoms with Gasteiger partial charge in [0.25, 0.3) is 11.8 Å². The van der Waals surface area contributed by atoms with E-state index in [-0.39, 0.29) is 12.5 Å². The minimum Gasteiger partial charge on any atom is -0.492 e. The first-order chi connectivity index (χ1) is 17.1. The second-order valence-corrected chi connectivity index (χ2v) is 9.28. The Labute approximate surface area is 206 Å². The summed E-state index contributed by atoms with van der Waals surface area (Å²) in [6, 6.07) is 12.3. The maximum absolute atomic E-state index is 13.6. The lowest BCUT2D eigenvalue weighted by atomic mass is 10.1. The normalized spacial score (nSPS) is 16.1. The standard InChI is InChI=1S/C25H26N4O5S/c1-2-34-19-8-5-9-20-22(19)26-25(35-20)28(11-10-27-12-14-33-15-13-27)21(30)16-29-23(31)17-6-3-4-7-18(17)24(29)32/h3-9H,2,10-16H2,1H3. The van der Waals surface area contributed by atoms with Crippen molar-refractivity contribution in [2.24, 2.45) is 0 Å². The third-order valence-corrected chi connectivity index (χ3v) is 7.16. The highest BCUT2D eigenvalue weighted by atomic mass is 32.1. The predicted octanol–water partition coefficient (Wildman–Crippen LogP) is 2.66. The van der Waals surface area contributed by atoms with Crippen LogP contribution >= 0.6 is 11.3 Å². The molecule has 5 rings (SSSR count). The van der Waals surface area contributed by atoms with Crippen molar-refractivity contribution in [2.45, 2.75) is 6.92 Å². The van der Waals surface area contributed by atoms with E-state index in [1.807, 2.05) is 25.1 Å². The summed E-state index contributed by atoms with van der Waals surface area (Å²) in [6.07, 6.45) is 0. The summed E-state index contributed by atoms with van der Waals surface area (Å²) >= 11 is 1.39. The van der Waals surface area contributed by atoms with E-state index in [9.17, 15) is 14.4 Å². The molecule has 2 aliphatic rings. The van der Waals surface area contributed by atoms with Gasteiger partial charge in [0.1, 0.15) is 17.8 Å². The van der Waals surface area contributed by atoms with Gasteiger partial charge in [-0.2, -0.15) is 0 Å². The van der Waals surface area contributed by atoms with Crippen LogP contribution in [0.25, 0.3) is 10.2 Å². The predicted molar refractivity (Wildman–Crippen MR) is 132 cm³/mol. The number of para-hydroxylation sites is 1. The van der Waals surface area contributed by atoms with Crippen LogP contribution in [0.5, 0.6) is 5.75 Å². The molecule has 1 aromatic heterocycles. The second-order valence-electron chi connectivity index (χ2n) is 8.27. The number of nitrogens with zero attached hydrogens (tertiary/aromatic N) is 4. The summed E-state index contributed by atoms with van der Waals surface area (Å²) in [5, 5.41) is 0.516. The number of benzene rings is 2. The average molecular weight is 495 g/mol. The van der Waals surface area contributed by atoms with Crippen molar-refractivity contribution >= 4 is 44.4 Å². The number of thiazole rings is 1. The van der Waals surface area contributed by atoms with Crippen LogP contribution in [-0.4, -0.2) is 85.0 Å². The van der Waals surface area contributed by atoms with Gasteiger partial charge in [-0.3, -0.25) is 29.1 Å². The van der Waals surface area contributed by atoms with Gasteiger partial charge in [-0.05, 0) is 31.2 Å². The van der Waals surface area contributed by atoms with Crippen LogP contribution in [0.3, 0.4) is 0 Å². The Morgan fingerprint density at radius 1 is 1.09 bits per heavy atom. The summed E-state index contributed by atoms with van der Waals surface area (Å²) in [6.45, 7) is 5.96.